The third-order valence-corrected chi connectivity index (χ3v) is 7.09. The maximum Gasteiger partial charge on any atom is 0.312 e. The van der Waals surface area contributed by atoms with Crippen LogP contribution in [0.15, 0.2) is 48.5 Å². The molecule has 1 fully saturated rings. The summed E-state index contributed by atoms with van der Waals surface area (Å²) in [6.07, 6.45) is 0.342. The molecule has 2 amide bonds. The summed E-state index contributed by atoms with van der Waals surface area (Å²) in [5.74, 6) is -0.703. The van der Waals surface area contributed by atoms with Crippen molar-refractivity contribution in [3.63, 3.8) is 0 Å². The van der Waals surface area contributed by atoms with Crippen LogP contribution in [-0.2, 0) is 16.1 Å². The minimum Gasteiger partial charge on any atom is -0.336 e. The lowest BCUT2D eigenvalue weighted by Crippen LogP contribution is -2.38. The predicted octanol–water partition coefficient (Wildman–Crippen LogP) is 5.14. The summed E-state index contributed by atoms with van der Waals surface area (Å²) < 4.78 is 1.58. The Bertz CT molecular complexity index is 1410. The molecule has 1 N–H and O–H groups in total. The normalized spacial score (nSPS) is 15.3. The number of halogens is 2. The molecule has 0 saturated carbocycles. The molecule has 2 heterocycles. The zero-order valence-corrected chi connectivity index (χ0v) is 22.9. The highest BCUT2D eigenvalue weighted by Crippen LogP contribution is 2.29. The highest BCUT2D eigenvalue weighted by Gasteiger charge is 2.44. The molecule has 1 atom stereocenters. The van der Waals surface area contributed by atoms with Crippen molar-refractivity contribution in [1.29, 1.82) is 0 Å². The van der Waals surface area contributed by atoms with Crippen molar-refractivity contribution in [3.05, 3.63) is 80.1 Å². The van der Waals surface area contributed by atoms with Crippen LogP contribution in [0.5, 0.6) is 0 Å². The van der Waals surface area contributed by atoms with Gasteiger partial charge in [-0.05, 0) is 75.0 Å². The lowest BCUT2D eigenvalue weighted by Gasteiger charge is -2.24. The summed E-state index contributed by atoms with van der Waals surface area (Å²) in [6, 6.07) is 12.6. The molecular formula is C25H24Cl2N6O4S. The van der Waals surface area contributed by atoms with Gasteiger partial charge in [-0.3, -0.25) is 29.3 Å². The largest absolute Gasteiger partial charge is 0.336 e. The molecule has 4 rings (SSSR count). The van der Waals surface area contributed by atoms with Crippen molar-refractivity contribution in [3.8, 4) is 0 Å². The molecule has 1 saturated heterocycles. The van der Waals surface area contributed by atoms with Gasteiger partial charge in [-0.25, -0.2) is 0 Å². The summed E-state index contributed by atoms with van der Waals surface area (Å²) in [5.41, 5.74) is 1.84. The van der Waals surface area contributed by atoms with Gasteiger partial charge in [0.05, 0.1) is 17.0 Å². The van der Waals surface area contributed by atoms with Gasteiger partial charge in [0.25, 0.3) is 5.91 Å². The predicted molar refractivity (Wildman–Crippen MR) is 150 cm³/mol. The van der Waals surface area contributed by atoms with E-state index in [1.807, 2.05) is 0 Å². The monoisotopic (exact) mass is 574 g/mol. The average Bonchev–Trinajstić information content (AvgIpc) is 3.26. The summed E-state index contributed by atoms with van der Waals surface area (Å²) in [5, 5.41) is 19.6. The van der Waals surface area contributed by atoms with E-state index in [9.17, 15) is 19.7 Å². The molecular weight excluding hydrogens is 551 g/mol. The number of hydrogen-bond donors (Lipinski definition) is 1. The van der Waals surface area contributed by atoms with Crippen molar-refractivity contribution >= 4 is 69.4 Å². The molecule has 13 heteroatoms. The van der Waals surface area contributed by atoms with Gasteiger partial charge < -0.3 is 10.2 Å². The Kier molecular flexibility index (Phi) is 8.29. The Balaban J connectivity index is 1.53. The number of hydrogen-bond acceptors (Lipinski definition) is 6. The number of aryl methyl sites for hydroxylation is 2. The molecule has 0 bridgehead atoms. The molecule has 0 aliphatic carbocycles. The van der Waals surface area contributed by atoms with E-state index in [4.69, 9.17) is 35.4 Å². The van der Waals surface area contributed by atoms with E-state index in [-0.39, 0.29) is 29.0 Å². The maximum atomic E-state index is 13.5. The zero-order chi connectivity index (χ0) is 27.6. The van der Waals surface area contributed by atoms with E-state index in [0.29, 0.717) is 52.3 Å². The molecule has 0 radical (unpaired) electrons. The van der Waals surface area contributed by atoms with Crippen molar-refractivity contribution in [2.45, 2.75) is 39.3 Å². The van der Waals surface area contributed by atoms with Gasteiger partial charge in [-0.2, -0.15) is 5.10 Å². The first kappa shape index (κ1) is 27.5. The summed E-state index contributed by atoms with van der Waals surface area (Å²) in [4.78, 5) is 40.5. The molecule has 10 nitrogen and oxygen atoms in total. The minimum atomic E-state index is -0.841. The Morgan fingerprint density at radius 3 is 2.47 bits per heavy atom. The van der Waals surface area contributed by atoms with E-state index >= 15 is 0 Å². The van der Waals surface area contributed by atoms with E-state index in [1.165, 1.54) is 4.90 Å². The van der Waals surface area contributed by atoms with Crippen LogP contribution >= 0.6 is 35.4 Å². The van der Waals surface area contributed by atoms with Crippen molar-refractivity contribution in [1.82, 2.24) is 14.7 Å². The third kappa shape index (κ3) is 5.79. The topological polar surface area (TPSA) is 114 Å². The number of carbonyl (C=O) groups excluding carboxylic acids is 2. The van der Waals surface area contributed by atoms with E-state index < -0.39 is 11.0 Å². The number of thiocarbonyl (C=S) groups is 1. The second-order valence-corrected chi connectivity index (χ2v) is 10.00. The summed E-state index contributed by atoms with van der Waals surface area (Å²) in [7, 11) is 0. The van der Waals surface area contributed by atoms with Crippen molar-refractivity contribution < 1.29 is 14.5 Å². The number of nitrogens with one attached hydrogen (secondary N) is 1. The Labute approximate surface area is 234 Å². The lowest BCUT2D eigenvalue weighted by atomic mass is 10.1. The van der Waals surface area contributed by atoms with Gasteiger partial charge in [-0.1, -0.05) is 29.3 Å². The van der Waals surface area contributed by atoms with Crippen LogP contribution in [-0.4, -0.2) is 49.1 Å². The fraction of sp³-hybridized carbons (Fsp3) is 0.280. The van der Waals surface area contributed by atoms with Gasteiger partial charge in [0.2, 0.25) is 5.91 Å². The Hall–Kier alpha value is -3.54. The number of benzene rings is 2. The van der Waals surface area contributed by atoms with Crippen LogP contribution < -0.4 is 10.2 Å². The molecule has 198 valence electrons. The minimum absolute atomic E-state index is 0.0126. The van der Waals surface area contributed by atoms with Crippen molar-refractivity contribution in [2.75, 3.05) is 16.8 Å². The van der Waals surface area contributed by atoms with Crippen LogP contribution in [0, 0.1) is 24.0 Å². The van der Waals surface area contributed by atoms with Gasteiger partial charge in [-0.15, -0.1) is 0 Å². The maximum absolute atomic E-state index is 13.5. The van der Waals surface area contributed by atoms with Gasteiger partial charge in [0.1, 0.15) is 17.4 Å². The number of rotatable bonds is 9. The summed E-state index contributed by atoms with van der Waals surface area (Å²) in [6.45, 7) is 3.94. The molecule has 1 aliphatic rings. The first-order valence-electron chi connectivity index (χ1n) is 11.7. The quantitative estimate of drug-likeness (QED) is 0.214. The van der Waals surface area contributed by atoms with Crippen LogP contribution in [0.1, 0.15) is 24.2 Å². The average molecular weight is 575 g/mol. The smallest absolute Gasteiger partial charge is 0.312 e. The Morgan fingerprint density at radius 2 is 1.84 bits per heavy atom. The molecule has 0 spiro atoms. The second-order valence-electron chi connectivity index (χ2n) is 8.76. The van der Waals surface area contributed by atoms with Crippen LogP contribution in [0.4, 0.5) is 17.1 Å². The highest BCUT2D eigenvalue weighted by atomic mass is 35.5. The fourth-order valence-electron chi connectivity index (χ4n) is 4.43. The molecule has 1 aliphatic heterocycles. The van der Waals surface area contributed by atoms with Crippen LogP contribution in [0.2, 0.25) is 10.0 Å². The molecule has 38 heavy (non-hydrogen) atoms. The third-order valence-electron chi connectivity index (χ3n) is 6.19. The summed E-state index contributed by atoms with van der Waals surface area (Å²) >= 11 is 17.7. The first-order valence-corrected chi connectivity index (χ1v) is 12.9. The lowest BCUT2D eigenvalue weighted by molar-refractivity contribution is -0.386. The number of carbonyl (C=O) groups is 2. The SMILES string of the molecule is Cc1nn(CCCN2C(=S)N(c3ccc(Cl)cc3)C(=O)[C@H]2CC(=O)Nc2cccc(Cl)c2)c(C)c1[N+](=O)[O-]. The number of anilines is 2. The second kappa shape index (κ2) is 11.5. The standard InChI is InChI=1S/C25H24Cl2N6O4S/c1-15-23(33(36)37)16(2)31(29-15)12-4-11-30-21(14-22(34)28-19-6-3-5-18(27)13-19)24(35)32(25(30)38)20-9-7-17(26)8-10-20/h3,5-10,13,21H,4,11-12,14H2,1-2H3,(H,28,34)/t21-/m1/s1. The van der Waals surface area contributed by atoms with Crippen molar-refractivity contribution in [2.24, 2.45) is 0 Å². The zero-order valence-electron chi connectivity index (χ0n) is 20.6. The number of nitro groups is 1. The highest BCUT2D eigenvalue weighted by molar-refractivity contribution is 7.80. The van der Waals surface area contributed by atoms with Crippen LogP contribution in [0.3, 0.4) is 0 Å². The molecule has 2 aromatic carbocycles. The molecule has 0 unspecified atom stereocenters. The number of aromatic nitrogens is 2. The van der Waals surface area contributed by atoms with Gasteiger partial charge >= 0.3 is 5.69 Å². The molecule has 3 aromatic rings. The number of amides is 2. The van der Waals surface area contributed by atoms with Crippen LogP contribution in [0.25, 0.3) is 0 Å². The fourth-order valence-corrected chi connectivity index (χ4v) is 5.16. The molecule has 1 aromatic heterocycles. The van der Waals surface area contributed by atoms with Gasteiger partial charge in [0, 0.05) is 28.8 Å². The number of nitrogens with zero attached hydrogens (tertiary/aromatic N) is 5. The van der Waals surface area contributed by atoms with E-state index in [0.717, 1.165) is 0 Å². The van der Waals surface area contributed by atoms with Gasteiger partial charge in [0.15, 0.2) is 5.11 Å². The van der Waals surface area contributed by atoms with E-state index in [1.54, 1.807) is 72.0 Å². The van der Waals surface area contributed by atoms with E-state index in [2.05, 4.69) is 10.4 Å². The Morgan fingerprint density at radius 1 is 1.13 bits per heavy atom. The first-order chi connectivity index (χ1) is 18.1.